The van der Waals surface area contributed by atoms with Crippen LogP contribution in [-0.4, -0.2) is 30.1 Å². The highest BCUT2D eigenvalue weighted by Gasteiger charge is 2.16. The molecule has 1 N–H and O–H groups in total. The molecule has 0 bridgehead atoms. The summed E-state index contributed by atoms with van der Waals surface area (Å²) in [6.07, 6.45) is 0. The molecule has 0 radical (unpaired) electrons. The summed E-state index contributed by atoms with van der Waals surface area (Å²) in [7, 11) is 1.52. The summed E-state index contributed by atoms with van der Waals surface area (Å²) >= 11 is 0. The Morgan fingerprint density at radius 1 is 1.67 bits per heavy atom. The van der Waals surface area contributed by atoms with Gasteiger partial charge in [-0.3, -0.25) is 10.2 Å². The van der Waals surface area contributed by atoms with Crippen molar-refractivity contribution in [1.82, 2.24) is 4.90 Å². The number of nitriles is 1. The van der Waals surface area contributed by atoms with Gasteiger partial charge in [0.25, 0.3) is 5.91 Å². The Bertz CT molecular complexity index is 227. The van der Waals surface area contributed by atoms with Gasteiger partial charge in [0.15, 0.2) is 0 Å². The summed E-state index contributed by atoms with van der Waals surface area (Å²) in [6, 6.07) is 1.85. The largest absolute Gasteiger partial charge is 0.327 e. The predicted octanol–water partition coefficient (Wildman–Crippen LogP) is 0.644. The van der Waals surface area contributed by atoms with Crippen LogP contribution in [0.15, 0.2) is 0 Å². The molecule has 0 atom stereocenters. The number of carbonyl (C=O) groups is 1. The van der Waals surface area contributed by atoms with Crippen LogP contribution in [0.4, 0.5) is 0 Å². The molecule has 0 saturated heterocycles. The number of amides is 1. The van der Waals surface area contributed by atoms with Gasteiger partial charge in [0.2, 0.25) is 0 Å². The lowest BCUT2D eigenvalue weighted by molar-refractivity contribution is -0.122. The Balaban J connectivity index is 4.22. The number of carbonyl (C=O) groups excluding carboxylic acids is 1. The molecule has 0 aliphatic rings. The summed E-state index contributed by atoms with van der Waals surface area (Å²) in [6.45, 7) is 3.59. The van der Waals surface area contributed by atoms with Crippen molar-refractivity contribution in [2.75, 3.05) is 13.6 Å². The standard InChI is InChI=1S/C8H13N3O/c1-6(2)7(10)8(12)11(3)5-4-9/h6,10H,5H2,1-3H3. The summed E-state index contributed by atoms with van der Waals surface area (Å²) in [5.74, 6) is -0.454. The molecule has 4 heteroatoms. The van der Waals surface area contributed by atoms with Crippen LogP contribution >= 0.6 is 0 Å². The molecule has 0 unspecified atom stereocenters. The molecule has 0 heterocycles. The van der Waals surface area contributed by atoms with E-state index in [1.54, 1.807) is 13.8 Å². The number of nitrogens with zero attached hydrogens (tertiary/aromatic N) is 2. The minimum absolute atomic E-state index is 0.0356. The van der Waals surface area contributed by atoms with Crippen LogP contribution in [-0.2, 0) is 4.79 Å². The van der Waals surface area contributed by atoms with E-state index in [0.717, 1.165) is 0 Å². The zero-order valence-corrected chi connectivity index (χ0v) is 7.59. The molecule has 0 fully saturated rings. The van der Waals surface area contributed by atoms with E-state index in [-0.39, 0.29) is 24.1 Å². The molecule has 4 nitrogen and oxygen atoms in total. The molecule has 0 saturated carbocycles. The molecule has 0 rings (SSSR count). The number of hydrogen-bond donors (Lipinski definition) is 1. The Kier molecular flexibility index (Phi) is 3.98. The van der Waals surface area contributed by atoms with Crippen molar-refractivity contribution in [2.45, 2.75) is 13.8 Å². The third-order valence-electron chi connectivity index (χ3n) is 1.46. The second-order valence-electron chi connectivity index (χ2n) is 2.89. The van der Waals surface area contributed by atoms with Gasteiger partial charge in [0, 0.05) is 13.0 Å². The Labute approximate surface area is 72.3 Å². The van der Waals surface area contributed by atoms with Gasteiger partial charge < -0.3 is 4.90 Å². The molecular weight excluding hydrogens is 154 g/mol. The van der Waals surface area contributed by atoms with Gasteiger partial charge in [-0.05, 0) is 0 Å². The average molecular weight is 167 g/mol. The first-order valence-corrected chi connectivity index (χ1v) is 3.71. The van der Waals surface area contributed by atoms with Crippen LogP contribution in [0.25, 0.3) is 0 Å². The van der Waals surface area contributed by atoms with Crippen molar-refractivity contribution in [3.8, 4) is 6.07 Å². The highest BCUT2D eigenvalue weighted by molar-refractivity contribution is 6.38. The van der Waals surface area contributed by atoms with Crippen molar-refractivity contribution >= 4 is 11.6 Å². The van der Waals surface area contributed by atoms with E-state index < -0.39 is 0 Å². The monoisotopic (exact) mass is 167 g/mol. The van der Waals surface area contributed by atoms with E-state index in [1.807, 2.05) is 6.07 Å². The molecule has 1 amide bonds. The lowest BCUT2D eigenvalue weighted by Crippen LogP contribution is -2.35. The van der Waals surface area contributed by atoms with Crippen LogP contribution in [0.3, 0.4) is 0 Å². The van der Waals surface area contributed by atoms with Crippen LogP contribution < -0.4 is 0 Å². The first-order chi connectivity index (χ1) is 5.50. The maximum Gasteiger partial charge on any atom is 0.268 e. The first kappa shape index (κ1) is 10.6. The molecule has 0 aliphatic carbocycles. The fraction of sp³-hybridized carbons (Fsp3) is 0.625. The summed E-state index contributed by atoms with van der Waals surface area (Å²) in [4.78, 5) is 12.5. The molecule has 0 aromatic carbocycles. The van der Waals surface area contributed by atoms with Crippen molar-refractivity contribution in [1.29, 1.82) is 10.7 Å². The molecule has 12 heavy (non-hydrogen) atoms. The SMILES string of the molecule is CC(C)C(=N)C(=O)N(C)CC#N. The van der Waals surface area contributed by atoms with Crippen LogP contribution in [0.5, 0.6) is 0 Å². The number of nitrogens with one attached hydrogen (secondary N) is 1. The van der Waals surface area contributed by atoms with Crippen molar-refractivity contribution < 1.29 is 4.79 Å². The second kappa shape index (κ2) is 4.50. The normalized spacial score (nSPS) is 9.25. The van der Waals surface area contributed by atoms with Gasteiger partial charge in [-0.2, -0.15) is 5.26 Å². The van der Waals surface area contributed by atoms with Gasteiger partial charge in [0.1, 0.15) is 6.54 Å². The van der Waals surface area contributed by atoms with Crippen LogP contribution in [0, 0.1) is 22.7 Å². The van der Waals surface area contributed by atoms with E-state index in [0.29, 0.717) is 0 Å². The molecule has 66 valence electrons. The van der Waals surface area contributed by atoms with Gasteiger partial charge in [-0.15, -0.1) is 0 Å². The Morgan fingerprint density at radius 3 is 2.50 bits per heavy atom. The number of rotatable bonds is 3. The van der Waals surface area contributed by atoms with E-state index in [1.165, 1.54) is 11.9 Å². The molecule has 0 aromatic rings. The minimum Gasteiger partial charge on any atom is -0.327 e. The zero-order valence-electron chi connectivity index (χ0n) is 7.59. The highest BCUT2D eigenvalue weighted by atomic mass is 16.2. The Morgan fingerprint density at radius 2 is 2.17 bits per heavy atom. The first-order valence-electron chi connectivity index (χ1n) is 3.71. The number of hydrogen-bond acceptors (Lipinski definition) is 3. The van der Waals surface area contributed by atoms with E-state index in [4.69, 9.17) is 10.7 Å². The fourth-order valence-corrected chi connectivity index (χ4v) is 0.630. The second-order valence-corrected chi connectivity index (χ2v) is 2.89. The van der Waals surface area contributed by atoms with Gasteiger partial charge in [-0.1, -0.05) is 13.8 Å². The lowest BCUT2D eigenvalue weighted by atomic mass is 10.1. The van der Waals surface area contributed by atoms with Crippen LogP contribution in [0.1, 0.15) is 13.8 Å². The van der Waals surface area contributed by atoms with E-state index in [2.05, 4.69) is 0 Å². The van der Waals surface area contributed by atoms with Gasteiger partial charge >= 0.3 is 0 Å². The third-order valence-corrected chi connectivity index (χ3v) is 1.46. The molecular formula is C8H13N3O. The van der Waals surface area contributed by atoms with Crippen molar-refractivity contribution in [3.05, 3.63) is 0 Å². The van der Waals surface area contributed by atoms with Crippen LogP contribution in [0.2, 0.25) is 0 Å². The molecule has 0 spiro atoms. The zero-order chi connectivity index (χ0) is 9.72. The predicted molar refractivity (Wildman–Crippen MR) is 45.8 cm³/mol. The highest BCUT2D eigenvalue weighted by Crippen LogP contribution is 1.98. The van der Waals surface area contributed by atoms with E-state index in [9.17, 15) is 4.79 Å². The Hall–Kier alpha value is -1.37. The van der Waals surface area contributed by atoms with Crippen molar-refractivity contribution in [2.24, 2.45) is 5.92 Å². The average Bonchev–Trinajstić information content (AvgIpc) is 2.02. The topological polar surface area (TPSA) is 68.0 Å². The molecule has 0 aliphatic heterocycles. The van der Waals surface area contributed by atoms with Crippen molar-refractivity contribution in [3.63, 3.8) is 0 Å². The van der Waals surface area contributed by atoms with Gasteiger partial charge in [-0.25, -0.2) is 0 Å². The van der Waals surface area contributed by atoms with E-state index >= 15 is 0 Å². The smallest absolute Gasteiger partial charge is 0.268 e. The lowest BCUT2D eigenvalue weighted by Gasteiger charge is -2.15. The maximum atomic E-state index is 11.2. The minimum atomic E-state index is -0.369. The quantitative estimate of drug-likeness (QED) is 0.495. The molecule has 0 aromatic heterocycles. The maximum absolute atomic E-state index is 11.2. The summed E-state index contributed by atoms with van der Waals surface area (Å²) < 4.78 is 0. The summed E-state index contributed by atoms with van der Waals surface area (Å²) in [5.41, 5.74) is 0.0488. The third kappa shape index (κ3) is 2.70. The van der Waals surface area contributed by atoms with Gasteiger partial charge in [0.05, 0.1) is 11.8 Å². The summed E-state index contributed by atoms with van der Waals surface area (Å²) in [5, 5.41) is 15.6. The fourth-order valence-electron chi connectivity index (χ4n) is 0.630.